The van der Waals surface area contributed by atoms with Crippen LogP contribution in [0.15, 0.2) is 35.1 Å². The van der Waals surface area contributed by atoms with Crippen LogP contribution in [-0.4, -0.2) is 54.3 Å². The predicted molar refractivity (Wildman–Crippen MR) is 98.4 cm³/mol. The Hall–Kier alpha value is -2.18. The zero-order chi connectivity index (χ0) is 18.3. The molecule has 4 rings (SSSR count). The van der Waals surface area contributed by atoms with Crippen LogP contribution in [0, 0.1) is 0 Å². The van der Waals surface area contributed by atoms with Crippen molar-refractivity contribution in [3.8, 4) is 0 Å². The van der Waals surface area contributed by atoms with Crippen LogP contribution in [0.2, 0.25) is 0 Å². The molecule has 1 aromatic carbocycles. The van der Waals surface area contributed by atoms with E-state index in [1.165, 1.54) is 6.07 Å². The van der Waals surface area contributed by atoms with E-state index in [-0.39, 0.29) is 29.2 Å². The van der Waals surface area contributed by atoms with Crippen LogP contribution in [0.3, 0.4) is 0 Å². The van der Waals surface area contributed by atoms with E-state index in [2.05, 4.69) is 4.98 Å². The molecular formula is C20H24N2O4. The van der Waals surface area contributed by atoms with Gasteiger partial charge in [0, 0.05) is 37.7 Å². The number of hydrogen-bond acceptors (Lipinski definition) is 4. The fourth-order valence-corrected chi connectivity index (χ4v) is 4.66. The third-order valence-corrected chi connectivity index (χ3v) is 6.12. The normalized spacial score (nSPS) is 28.3. The van der Waals surface area contributed by atoms with Gasteiger partial charge >= 0.3 is 0 Å². The summed E-state index contributed by atoms with van der Waals surface area (Å²) in [7, 11) is 3.45. The maximum atomic E-state index is 13.4. The molecule has 2 fully saturated rings. The first-order chi connectivity index (χ1) is 12.6. The highest BCUT2D eigenvalue weighted by molar-refractivity contribution is 6.06. The van der Waals surface area contributed by atoms with Crippen molar-refractivity contribution >= 4 is 16.8 Å². The molecule has 0 unspecified atom stereocenters. The van der Waals surface area contributed by atoms with Crippen molar-refractivity contribution in [2.24, 2.45) is 0 Å². The Morgan fingerprint density at radius 3 is 2.85 bits per heavy atom. The van der Waals surface area contributed by atoms with Crippen molar-refractivity contribution in [1.29, 1.82) is 0 Å². The molecule has 2 aliphatic rings. The number of rotatable bonds is 3. The molecule has 138 valence electrons. The van der Waals surface area contributed by atoms with Crippen LogP contribution in [-0.2, 0) is 9.47 Å². The van der Waals surface area contributed by atoms with Gasteiger partial charge in [-0.1, -0.05) is 18.2 Å². The average Bonchev–Trinajstić information content (AvgIpc) is 3.05. The highest BCUT2D eigenvalue weighted by Crippen LogP contribution is 2.43. The fraction of sp³-hybridized carbons (Fsp3) is 0.500. The maximum Gasteiger partial charge on any atom is 0.255 e. The van der Waals surface area contributed by atoms with E-state index in [1.807, 2.05) is 29.2 Å². The van der Waals surface area contributed by atoms with Gasteiger partial charge in [0.25, 0.3) is 5.91 Å². The van der Waals surface area contributed by atoms with Gasteiger partial charge in [0.1, 0.15) is 0 Å². The Labute approximate surface area is 152 Å². The third kappa shape index (κ3) is 2.64. The predicted octanol–water partition coefficient (Wildman–Crippen LogP) is 2.33. The number of likely N-dealkylation sites (tertiary alicyclic amines) is 1. The number of nitrogens with zero attached hydrogens (tertiary/aromatic N) is 1. The lowest BCUT2D eigenvalue weighted by Crippen LogP contribution is -2.53. The first kappa shape index (κ1) is 17.2. The van der Waals surface area contributed by atoms with Crippen LogP contribution < -0.4 is 5.56 Å². The minimum absolute atomic E-state index is 0.0308. The Bertz CT molecular complexity index is 893. The lowest BCUT2D eigenvalue weighted by atomic mass is 9.79. The van der Waals surface area contributed by atoms with Crippen LogP contribution in [0.5, 0.6) is 0 Å². The van der Waals surface area contributed by atoms with Gasteiger partial charge in [-0.05, 0) is 31.7 Å². The summed E-state index contributed by atoms with van der Waals surface area (Å²) in [6, 6.07) is 8.80. The van der Waals surface area contributed by atoms with Gasteiger partial charge in [0.2, 0.25) is 5.56 Å². The molecule has 2 aromatic rings. The monoisotopic (exact) mass is 356 g/mol. The Morgan fingerprint density at radius 1 is 1.27 bits per heavy atom. The topological polar surface area (TPSA) is 71.6 Å². The summed E-state index contributed by atoms with van der Waals surface area (Å²) < 4.78 is 11.5. The van der Waals surface area contributed by atoms with Crippen molar-refractivity contribution in [3.63, 3.8) is 0 Å². The number of aromatic amines is 1. The van der Waals surface area contributed by atoms with Crippen LogP contribution in [0.1, 0.15) is 36.0 Å². The molecule has 1 aliphatic carbocycles. The first-order valence-electron chi connectivity index (χ1n) is 9.09. The number of carbonyl (C=O) groups excluding carboxylic acids is 1. The molecule has 1 saturated carbocycles. The molecule has 0 bridgehead atoms. The molecule has 0 radical (unpaired) electrons. The van der Waals surface area contributed by atoms with Gasteiger partial charge in [0.05, 0.1) is 23.3 Å². The molecule has 6 heteroatoms. The second-order valence-electron chi connectivity index (χ2n) is 7.26. The summed E-state index contributed by atoms with van der Waals surface area (Å²) in [5, 5.41) is 0.770. The molecule has 1 aliphatic heterocycles. The van der Waals surface area contributed by atoms with Crippen LogP contribution in [0.25, 0.3) is 10.9 Å². The molecule has 2 heterocycles. The molecule has 3 atom stereocenters. The molecule has 6 nitrogen and oxygen atoms in total. The van der Waals surface area contributed by atoms with E-state index >= 15 is 0 Å². The van der Waals surface area contributed by atoms with Gasteiger partial charge in [-0.25, -0.2) is 0 Å². The lowest BCUT2D eigenvalue weighted by molar-refractivity contribution is -0.0893. The average molecular weight is 356 g/mol. The van der Waals surface area contributed by atoms with E-state index in [0.29, 0.717) is 17.6 Å². The lowest BCUT2D eigenvalue weighted by Gasteiger charge is -2.43. The minimum Gasteiger partial charge on any atom is -0.381 e. The van der Waals surface area contributed by atoms with Crippen molar-refractivity contribution < 1.29 is 14.3 Å². The van der Waals surface area contributed by atoms with Crippen LogP contribution >= 0.6 is 0 Å². The molecule has 1 amide bonds. The number of methoxy groups -OCH3 is 2. The Balaban J connectivity index is 1.74. The van der Waals surface area contributed by atoms with Gasteiger partial charge in [-0.15, -0.1) is 0 Å². The van der Waals surface area contributed by atoms with E-state index < -0.39 is 0 Å². The number of carbonyl (C=O) groups is 1. The summed E-state index contributed by atoms with van der Waals surface area (Å²) >= 11 is 0. The standard InChI is InChI=1S/C20H24N2O4/c1-25-13-7-8-20(26-2)9-10-22(17(20)11-13)19(24)15-12-18(23)21-16-6-4-3-5-14(15)16/h3-6,12-13,17H,7-11H2,1-2H3,(H,21,23)/t13-,17+,20-/m1/s1. The van der Waals surface area contributed by atoms with Gasteiger partial charge < -0.3 is 19.4 Å². The fourth-order valence-electron chi connectivity index (χ4n) is 4.66. The highest BCUT2D eigenvalue weighted by atomic mass is 16.5. The van der Waals surface area contributed by atoms with Crippen molar-refractivity contribution in [2.75, 3.05) is 20.8 Å². The summed E-state index contributed by atoms with van der Waals surface area (Å²) in [5.74, 6) is -0.104. The van der Waals surface area contributed by atoms with Crippen molar-refractivity contribution in [1.82, 2.24) is 9.88 Å². The molecule has 1 aromatic heterocycles. The van der Waals surface area contributed by atoms with E-state index in [4.69, 9.17) is 9.47 Å². The number of H-pyrrole nitrogens is 1. The first-order valence-corrected chi connectivity index (χ1v) is 9.09. The number of para-hydroxylation sites is 1. The summed E-state index contributed by atoms with van der Waals surface area (Å²) in [4.78, 5) is 30.1. The quantitative estimate of drug-likeness (QED) is 0.916. The van der Waals surface area contributed by atoms with Gasteiger partial charge in [0.15, 0.2) is 0 Å². The summed E-state index contributed by atoms with van der Waals surface area (Å²) in [6.07, 6.45) is 3.53. The molecule has 0 spiro atoms. The number of fused-ring (bicyclic) bond motifs is 2. The van der Waals surface area contributed by atoms with Crippen molar-refractivity contribution in [2.45, 2.75) is 43.4 Å². The van der Waals surface area contributed by atoms with E-state index in [1.54, 1.807) is 14.2 Å². The number of benzene rings is 1. The summed E-state index contributed by atoms with van der Waals surface area (Å²) in [5.41, 5.74) is 0.569. The number of ether oxygens (including phenoxy) is 2. The Kier molecular flexibility index (Phi) is 4.32. The molecular weight excluding hydrogens is 332 g/mol. The summed E-state index contributed by atoms with van der Waals surface area (Å²) in [6.45, 7) is 0.634. The second kappa shape index (κ2) is 6.52. The zero-order valence-electron chi connectivity index (χ0n) is 15.2. The number of amides is 1. The maximum absolute atomic E-state index is 13.4. The van der Waals surface area contributed by atoms with E-state index in [0.717, 1.165) is 31.1 Å². The third-order valence-electron chi connectivity index (χ3n) is 6.12. The smallest absolute Gasteiger partial charge is 0.255 e. The van der Waals surface area contributed by atoms with Gasteiger partial charge in [-0.3, -0.25) is 9.59 Å². The van der Waals surface area contributed by atoms with Gasteiger partial charge in [-0.2, -0.15) is 0 Å². The largest absolute Gasteiger partial charge is 0.381 e. The Morgan fingerprint density at radius 2 is 2.08 bits per heavy atom. The molecule has 26 heavy (non-hydrogen) atoms. The minimum atomic E-state index is -0.304. The molecule has 1 N–H and O–H groups in total. The molecule has 1 saturated heterocycles. The second-order valence-corrected chi connectivity index (χ2v) is 7.26. The SMILES string of the molecule is CO[C@@H]1CC[C@@]2(OC)CCN(C(=O)c3cc(=O)[nH]c4ccccc34)[C@H]2C1. The van der Waals surface area contributed by atoms with Crippen molar-refractivity contribution in [3.05, 3.63) is 46.2 Å². The number of nitrogens with one attached hydrogen (secondary N) is 1. The number of pyridine rings is 1. The van der Waals surface area contributed by atoms with Crippen LogP contribution in [0.4, 0.5) is 0 Å². The number of hydrogen-bond donors (Lipinski definition) is 1. The van der Waals surface area contributed by atoms with E-state index in [9.17, 15) is 9.59 Å². The highest BCUT2D eigenvalue weighted by Gasteiger charge is 2.52. The number of aromatic nitrogens is 1. The zero-order valence-corrected chi connectivity index (χ0v) is 15.2.